The van der Waals surface area contributed by atoms with Crippen LogP contribution in [0.1, 0.15) is 48.8 Å². The van der Waals surface area contributed by atoms with Crippen LogP contribution in [0.25, 0.3) is 0 Å². The molecule has 2 nitrogen and oxygen atoms in total. The smallest absolute Gasteiger partial charge is 0.142 e. The van der Waals surface area contributed by atoms with Gasteiger partial charge >= 0.3 is 0 Å². The van der Waals surface area contributed by atoms with Crippen molar-refractivity contribution in [2.45, 2.75) is 38.6 Å². The Kier molecular flexibility index (Phi) is 4.92. The molecule has 1 atom stereocenters. The van der Waals surface area contributed by atoms with Gasteiger partial charge in [-0.15, -0.1) is 0 Å². The molecule has 0 radical (unpaired) electrons. The van der Waals surface area contributed by atoms with Gasteiger partial charge < -0.3 is 0 Å². The Morgan fingerprint density at radius 1 is 1.04 bits per heavy atom. The van der Waals surface area contributed by atoms with E-state index < -0.39 is 0 Å². The van der Waals surface area contributed by atoms with Gasteiger partial charge in [-0.1, -0.05) is 68.4 Å². The monoisotopic (exact) mass is 307 g/mol. The first-order valence-corrected chi connectivity index (χ1v) is 8.53. The average molecular weight is 307 g/mol. The number of carbonyl (C=O) groups excluding carboxylic acids is 1. The molecule has 1 aliphatic heterocycles. The molecule has 0 N–H and O–H groups in total. The molecule has 0 saturated carbocycles. The van der Waals surface area contributed by atoms with E-state index in [1.54, 1.807) is 0 Å². The predicted molar refractivity (Wildman–Crippen MR) is 94.6 cm³/mol. The largest absolute Gasteiger partial charge is 0.299 e. The van der Waals surface area contributed by atoms with Crippen molar-refractivity contribution in [3.8, 4) is 0 Å². The van der Waals surface area contributed by atoms with Crippen LogP contribution in [0.4, 0.5) is 0 Å². The van der Waals surface area contributed by atoms with Crippen molar-refractivity contribution in [2.75, 3.05) is 13.1 Å². The third kappa shape index (κ3) is 3.70. The highest BCUT2D eigenvalue weighted by molar-refractivity contribution is 5.87. The molecule has 23 heavy (non-hydrogen) atoms. The first kappa shape index (κ1) is 15.9. The van der Waals surface area contributed by atoms with Crippen LogP contribution in [0.5, 0.6) is 0 Å². The third-order valence-electron chi connectivity index (χ3n) is 4.75. The zero-order valence-electron chi connectivity index (χ0n) is 14.0. The van der Waals surface area contributed by atoms with Gasteiger partial charge in [0.25, 0.3) is 0 Å². The zero-order valence-corrected chi connectivity index (χ0v) is 14.0. The van der Waals surface area contributed by atoms with E-state index in [1.165, 1.54) is 16.7 Å². The van der Waals surface area contributed by atoms with E-state index in [4.69, 9.17) is 0 Å². The van der Waals surface area contributed by atoms with Gasteiger partial charge in [0.2, 0.25) is 0 Å². The SMILES string of the molecule is CC(C)c1ccccc1C1CN(Cc2ccccc2)CCC1=O. The summed E-state index contributed by atoms with van der Waals surface area (Å²) in [6.07, 6.45) is 0.657. The molecule has 0 amide bonds. The molecule has 1 unspecified atom stereocenters. The van der Waals surface area contributed by atoms with Gasteiger partial charge in [0.15, 0.2) is 0 Å². The number of carbonyl (C=O) groups is 1. The topological polar surface area (TPSA) is 20.3 Å². The Morgan fingerprint density at radius 3 is 2.48 bits per heavy atom. The van der Waals surface area contributed by atoms with E-state index in [1.807, 2.05) is 6.07 Å². The number of rotatable bonds is 4. The van der Waals surface area contributed by atoms with Crippen LogP contribution in [0.15, 0.2) is 54.6 Å². The van der Waals surface area contributed by atoms with Crippen LogP contribution in [0.3, 0.4) is 0 Å². The highest BCUT2D eigenvalue weighted by Crippen LogP contribution is 2.31. The second-order valence-electron chi connectivity index (χ2n) is 6.77. The fraction of sp³-hybridized carbons (Fsp3) is 0.381. The quantitative estimate of drug-likeness (QED) is 0.836. The normalized spacial score (nSPS) is 19.3. The van der Waals surface area contributed by atoms with Gasteiger partial charge in [0.1, 0.15) is 5.78 Å². The lowest BCUT2D eigenvalue weighted by atomic mass is 9.83. The summed E-state index contributed by atoms with van der Waals surface area (Å²) in [6.45, 7) is 7.03. The number of nitrogens with zero attached hydrogens (tertiary/aromatic N) is 1. The molecule has 2 heteroatoms. The van der Waals surface area contributed by atoms with Crippen LogP contribution >= 0.6 is 0 Å². The molecule has 1 saturated heterocycles. The van der Waals surface area contributed by atoms with Crippen molar-refractivity contribution in [2.24, 2.45) is 0 Å². The van der Waals surface area contributed by atoms with Crippen molar-refractivity contribution in [3.05, 3.63) is 71.3 Å². The van der Waals surface area contributed by atoms with Crippen molar-refractivity contribution >= 4 is 5.78 Å². The summed E-state index contributed by atoms with van der Waals surface area (Å²) in [4.78, 5) is 15.0. The van der Waals surface area contributed by atoms with Crippen molar-refractivity contribution in [1.82, 2.24) is 4.90 Å². The van der Waals surface area contributed by atoms with E-state index in [-0.39, 0.29) is 5.92 Å². The molecule has 1 aliphatic rings. The van der Waals surface area contributed by atoms with E-state index in [2.05, 4.69) is 67.3 Å². The number of Topliss-reactive ketones (excluding diaryl/α,β-unsaturated/α-hetero) is 1. The Balaban J connectivity index is 1.80. The number of hydrogen-bond donors (Lipinski definition) is 0. The van der Waals surface area contributed by atoms with E-state index in [0.717, 1.165) is 19.6 Å². The Bertz CT molecular complexity index is 663. The zero-order chi connectivity index (χ0) is 16.2. The maximum absolute atomic E-state index is 12.5. The summed E-state index contributed by atoms with van der Waals surface area (Å²) in [6, 6.07) is 19.0. The molecular weight excluding hydrogens is 282 g/mol. The van der Waals surface area contributed by atoms with Gasteiger partial charge in [0.05, 0.1) is 5.92 Å². The average Bonchev–Trinajstić information content (AvgIpc) is 2.57. The van der Waals surface area contributed by atoms with Gasteiger partial charge in [-0.3, -0.25) is 9.69 Å². The van der Waals surface area contributed by atoms with Crippen LogP contribution in [-0.2, 0) is 11.3 Å². The van der Waals surface area contributed by atoms with Crippen LogP contribution in [0.2, 0.25) is 0 Å². The Labute approximate surface area is 139 Å². The van der Waals surface area contributed by atoms with Crippen molar-refractivity contribution in [3.63, 3.8) is 0 Å². The maximum Gasteiger partial charge on any atom is 0.142 e. The number of piperidine rings is 1. The molecule has 2 aromatic carbocycles. The van der Waals surface area contributed by atoms with Crippen molar-refractivity contribution < 1.29 is 4.79 Å². The third-order valence-corrected chi connectivity index (χ3v) is 4.75. The number of benzene rings is 2. The lowest BCUT2D eigenvalue weighted by Gasteiger charge is -2.33. The summed E-state index contributed by atoms with van der Waals surface area (Å²) in [5.41, 5.74) is 3.86. The first-order valence-electron chi connectivity index (χ1n) is 8.53. The van der Waals surface area contributed by atoms with Crippen LogP contribution < -0.4 is 0 Å². The van der Waals surface area contributed by atoms with Crippen LogP contribution in [-0.4, -0.2) is 23.8 Å². The predicted octanol–water partition coefficient (Wildman–Crippen LogP) is 4.37. The molecule has 0 bridgehead atoms. The molecule has 0 aromatic heterocycles. The van der Waals surface area contributed by atoms with E-state index >= 15 is 0 Å². The van der Waals surface area contributed by atoms with Gasteiger partial charge in [-0.25, -0.2) is 0 Å². The van der Waals surface area contributed by atoms with Crippen LogP contribution in [0, 0.1) is 0 Å². The highest BCUT2D eigenvalue weighted by atomic mass is 16.1. The minimum Gasteiger partial charge on any atom is -0.299 e. The second kappa shape index (κ2) is 7.10. The minimum absolute atomic E-state index is 0.0195. The maximum atomic E-state index is 12.5. The molecular formula is C21H25NO. The molecule has 3 rings (SSSR count). The first-order chi connectivity index (χ1) is 11.1. The fourth-order valence-electron chi connectivity index (χ4n) is 3.50. The molecule has 120 valence electrons. The Hall–Kier alpha value is -1.93. The second-order valence-corrected chi connectivity index (χ2v) is 6.77. The molecule has 0 spiro atoms. The van der Waals surface area contributed by atoms with Gasteiger partial charge in [0, 0.05) is 26.1 Å². The summed E-state index contributed by atoms with van der Waals surface area (Å²) in [7, 11) is 0. The Morgan fingerprint density at radius 2 is 1.74 bits per heavy atom. The lowest BCUT2D eigenvalue weighted by molar-refractivity contribution is -0.123. The van der Waals surface area contributed by atoms with Gasteiger partial charge in [-0.2, -0.15) is 0 Å². The fourth-order valence-corrected chi connectivity index (χ4v) is 3.50. The summed E-state index contributed by atoms with van der Waals surface area (Å²) in [5, 5.41) is 0. The lowest BCUT2D eigenvalue weighted by Crippen LogP contribution is -2.39. The van der Waals surface area contributed by atoms with E-state index in [0.29, 0.717) is 18.1 Å². The summed E-state index contributed by atoms with van der Waals surface area (Å²) < 4.78 is 0. The number of likely N-dealkylation sites (tertiary alicyclic amines) is 1. The molecule has 1 fully saturated rings. The number of hydrogen-bond acceptors (Lipinski definition) is 2. The standard InChI is InChI=1S/C21H25NO/c1-16(2)18-10-6-7-11-19(18)20-15-22(13-12-21(20)23)14-17-8-4-3-5-9-17/h3-11,16,20H,12-15H2,1-2H3. The minimum atomic E-state index is 0.0195. The molecule has 1 heterocycles. The van der Waals surface area contributed by atoms with E-state index in [9.17, 15) is 4.79 Å². The number of ketones is 1. The van der Waals surface area contributed by atoms with Crippen molar-refractivity contribution in [1.29, 1.82) is 0 Å². The summed E-state index contributed by atoms with van der Waals surface area (Å²) >= 11 is 0. The highest BCUT2D eigenvalue weighted by Gasteiger charge is 2.30. The molecule has 2 aromatic rings. The summed E-state index contributed by atoms with van der Waals surface area (Å²) in [5.74, 6) is 0.858. The molecule has 0 aliphatic carbocycles. The van der Waals surface area contributed by atoms with Gasteiger partial charge in [-0.05, 0) is 22.6 Å².